The average Bonchev–Trinajstić information content (AvgIpc) is 3.46. The standard InChI is InChI=1S/C24H25N3O7S/c1-24(2)11-15-5-4-6-19(22(15)34-24)32-8-7-25-23(28)17-9-20(31-3)21(10-18(17)27(29)30)33-12-16-13-35-14-26-16/h4-6,9-10,13-14H,7-8,11-12H2,1-3H3,(H,25,28). The Bertz CT molecular complexity index is 1230. The average molecular weight is 500 g/mol. The number of carbonyl (C=O) groups excluding carboxylic acids is 1. The molecule has 10 nitrogen and oxygen atoms in total. The smallest absolute Gasteiger partial charge is 0.286 e. The molecule has 1 aliphatic heterocycles. The summed E-state index contributed by atoms with van der Waals surface area (Å²) in [5.74, 6) is 1.02. The van der Waals surface area contributed by atoms with E-state index in [-0.39, 0.29) is 42.4 Å². The van der Waals surface area contributed by atoms with E-state index in [1.807, 2.05) is 37.4 Å². The molecule has 0 fully saturated rings. The normalized spacial score (nSPS) is 13.5. The molecule has 3 aromatic rings. The third kappa shape index (κ3) is 5.62. The Labute approximate surface area is 206 Å². The second-order valence-corrected chi connectivity index (χ2v) is 9.15. The van der Waals surface area contributed by atoms with E-state index in [1.165, 1.54) is 30.6 Å². The Kier molecular flexibility index (Phi) is 7.06. The molecule has 1 aliphatic rings. The Morgan fingerprint density at radius 2 is 2.09 bits per heavy atom. The lowest BCUT2D eigenvalue weighted by molar-refractivity contribution is -0.385. The van der Waals surface area contributed by atoms with Gasteiger partial charge in [-0.15, -0.1) is 11.3 Å². The molecule has 0 aliphatic carbocycles. The molecule has 11 heteroatoms. The lowest BCUT2D eigenvalue weighted by Crippen LogP contribution is -2.29. The Morgan fingerprint density at radius 1 is 1.26 bits per heavy atom. The van der Waals surface area contributed by atoms with Crippen LogP contribution in [-0.2, 0) is 13.0 Å². The molecular weight excluding hydrogens is 474 g/mol. The maximum atomic E-state index is 12.8. The zero-order valence-electron chi connectivity index (χ0n) is 19.5. The third-order valence-corrected chi connectivity index (χ3v) is 5.92. The van der Waals surface area contributed by atoms with Crippen molar-refractivity contribution in [3.63, 3.8) is 0 Å². The molecule has 0 spiro atoms. The second-order valence-electron chi connectivity index (χ2n) is 8.43. The lowest BCUT2D eigenvalue weighted by atomic mass is 10.0. The van der Waals surface area contributed by atoms with Crippen LogP contribution in [0.3, 0.4) is 0 Å². The van der Waals surface area contributed by atoms with Gasteiger partial charge in [0.15, 0.2) is 23.0 Å². The molecule has 4 rings (SSSR count). The van der Waals surface area contributed by atoms with E-state index in [0.717, 1.165) is 12.0 Å². The molecule has 1 amide bonds. The van der Waals surface area contributed by atoms with Crippen LogP contribution in [0.25, 0.3) is 0 Å². The maximum absolute atomic E-state index is 12.8. The highest BCUT2D eigenvalue weighted by molar-refractivity contribution is 7.07. The van der Waals surface area contributed by atoms with Gasteiger partial charge in [-0.3, -0.25) is 14.9 Å². The monoisotopic (exact) mass is 499 g/mol. The number of benzene rings is 2. The fourth-order valence-corrected chi connectivity index (χ4v) is 4.28. The number of nitro benzene ring substituents is 1. The van der Waals surface area contributed by atoms with E-state index in [4.69, 9.17) is 18.9 Å². The van der Waals surface area contributed by atoms with Crippen molar-refractivity contribution in [3.8, 4) is 23.0 Å². The molecule has 0 atom stereocenters. The number of nitro groups is 1. The molecule has 0 bridgehead atoms. The molecule has 35 heavy (non-hydrogen) atoms. The van der Waals surface area contributed by atoms with Crippen LogP contribution < -0.4 is 24.3 Å². The lowest BCUT2D eigenvalue weighted by Gasteiger charge is -2.18. The van der Waals surface area contributed by atoms with Gasteiger partial charge < -0.3 is 24.3 Å². The van der Waals surface area contributed by atoms with Crippen LogP contribution >= 0.6 is 11.3 Å². The molecular formula is C24H25N3O7S. The van der Waals surface area contributed by atoms with Crippen LogP contribution in [0.5, 0.6) is 23.0 Å². The largest absolute Gasteiger partial charge is 0.493 e. The van der Waals surface area contributed by atoms with Crippen molar-refractivity contribution in [2.45, 2.75) is 32.5 Å². The van der Waals surface area contributed by atoms with Gasteiger partial charge in [-0.1, -0.05) is 12.1 Å². The van der Waals surface area contributed by atoms with Crippen LogP contribution in [0.15, 0.2) is 41.2 Å². The number of amides is 1. The molecule has 1 aromatic heterocycles. The minimum Gasteiger partial charge on any atom is -0.493 e. The van der Waals surface area contributed by atoms with Crippen LogP contribution in [0.1, 0.15) is 35.5 Å². The topological polar surface area (TPSA) is 122 Å². The molecule has 0 saturated heterocycles. The highest BCUT2D eigenvalue weighted by Crippen LogP contribution is 2.41. The number of ether oxygens (including phenoxy) is 4. The number of para-hydroxylation sites is 1. The number of nitrogens with zero attached hydrogens (tertiary/aromatic N) is 2. The highest BCUT2D eigenvalue weighted by atomic mass is 32.1. The van der Waals surface area contributed by atoms with Crippen LogP contribution in [-0.4, -0.2) is 41.7 Å². The first-order valence-electron chi connectivity index (χ1n) is 10.9. The number of hydrogen-bond donors (Lipinski definition) is 1. The predicted molar refractivity (Wildman–Crippen MR) is 129 cm³/mol. The van der Waals surface area contributed by atoms with Crippen molar-refractivity contribution in [1.29, 1.82) is 0 Å². The van der Waals surface area contributed by atoms with E-state index in [0.29, 0.717) is 17.2 Å². The van der Waals surface area contributed by atoms with Crippen molar-refractivity contribution >= 4 is 22.9 Å². The first-order chi connectivity index (χ1) is 16.8. The summed E-state index contributed by atoms with van der Waals surface area (Å²) in [4.78, 5) is 27.9. The van der Waals surface area contributed by atoms with Crippen molar-refractivity contribution in [2.75, 3.05) is 20.3 Å². The molecule has 0 radical (unpaired) electrons. The minimum atomic E-state index is -0.632. The summed E-state index contributed by atoms with van der Waals surface area (Å²) in [6, 6.07) is 8.18. The summed E-state index contributed by atoms with van der Waals surface area (Å²) in [5.41, 5.74) is 2.57. The number of rotatable bonds is 10. The highest BCUT2D eigenvalue weighted by Gasteiger charge is 2.32. The summed E-state index contributed by atoms with van der Waals surface area (Å²) >= 11 is 1.41. The van der Waals surface area contributed by atoms with Crippen molar-refractivity contribution in [2.24, 2.45) is 0 Å². The zero-order chi connectivity index (χ0) is 25.0. The van der Waals surface area contributed by atoms with Crippen LogP contribution in [0.4, 0.5) is 5.69 Å². The fraction of sp³-hybridized carbons (Fsp3) is 0.333. The first-order valence-corrected chi connectivity index (χ1v) is 11.8. The number of fused-ring (bicyclic) bond motifs is 1. The molecule has 1 N–H and O–H groups in total. The molecule has 0 unspecified atom stereocenters. The van der Waals surface area contributed by atoms with Crippen molar-refractivity contribution < 1.29 is 28.7 Å². The van der Waals surface area contributed by atoms with E-state index >= 15 is 0 Å². The Hall–Kier alpha value is -3.86. The molecule has 2 aromatic carbocycles. The number of hydrogen-bond acceptors (Lipinski definition) is 9. The predicted octanol–water partition coefficient (Wildman–Crippen LogP) is 4.16. The third-order valence-electron chi connectivity index (χ3n) is 5.28. The van der Waals surface area contributed by atoms with Gasteiger partial charge in [0.2, 0.25) is 0 Å². The van der Waals surface area contributed by atoms with Gasteiger partial charge in [-0.05, 0) is 19.9 Å². The van der Waals surface area contributed by atoms with E-state index in [9.17, 15) is 14.9 Å². The number of carbonyl (C=O) groups is 1. The summed E-state index contributed by atoms with van der Waals surface area (Å²) in [6.45, 7) is 4.42. The summed E-state index contributed by atoms with van der Waals surface area (Å²) in [7, 11) is 1.40. The van der Waals surface area contributed by atoms with Crippen molar-refractivity contribution in [3.05, 3.63) is 68.2 Å². The van der Waals surface area contributed by atoms with Gasteiger partial charge in [0.1, 0.15) is 24.4 Å². The maximum Gasteiger partial charge on any atom is 0.286 e. The second kappa shape index (κ2) is 10.2. The Morgan fingerprint density at radius 3 is 2.80 bits per heavy atom. The quantitative estimate of drug-likeness (QED) is 0.251. The molecule has 184 valence electrons. The first kappa shape index (κ1) is 24.3. The minimum absolute atomic E-state index is 0.115. The van der Waals surface area contributed by atoms with Crippen LogP contribution in [0.2, 0.25) is 0 Å². The summed E-state index contributed by atoms with van der Waals surface area (Å²) < 4.78 is 22.7. The van der Waals surface area contributed by atoms with Gasteiger partial charge in [-0.25, -0.2) is 4.98 Å². The van der Waals surface area contributed by atoms with E-state index in [1.54, 1.807) is 5.51 Å². The van der Waals surface area contributed by atoms with Gasteiger partial charge in [0, 0.05) is 23.4 Å². The van der Waals surface area contributed by atoms with Crippen molar-refractivity contribution in [1.82, 2.24) is 10.3 Å². The SMILES string of the molecule is COc1cc(C(=O)NCCOc2cccc3c2OC(C)(C)C3)c([N+](=O)[O-])cc1OCc1cscn1. The number of methoxy groups -OCH3 is 1. The van der Waals surface area contributed by atoms with Crippen LogP contribution in [0, 0.1) is 10.1 Å². The Balaban J connectivity index is 1.41. The fourth-order valence-electron chi connectivity index (χ4n) is 3.74. The molecule has 2 heterocycles. The zero-order valence-corrected chi connectivity index (χ0v) is 20.3. The van der Waals surface area contributed by atoms with Gasteiger partial charge >= 0.3 is 0 Å². The van der Waals surface area contributed by atoms with Gasteiger partial charge in [0.25, 0.3) is 11.6 Å². The number of thiazole rings is 1. The van der Waals surface area contributed by atoms with Gasteiger partial charge in [0.05, 0.1) is 35.8 Å². The van der Waals surface area contributed by atoms with E-state index < -0.39 is 16.5 Å². The number of aromatic nitrogens is 1. The summed E-state index contributed by atoms with van der Waals surface area (Å²) in [5, 5.41) is 16.1. The van der Waals surface area contributed by atoms with E-state index in [2.05, 4.69) is 10.3 Å². The summed E-state index contributed by atoms with van der Waals surface area (Å²) in [6.07, 6.45) is 0.783. The van der Waals surface area contributed by atoms with Gasteiger partial charge in [-0.2, -0.15) is 0 Å². The number of nitrogens with one attached hydrogen (secondary N) is 1. The molecule has 0 saturated carbocycles.